The van der Waals surface area contributed by atoms with E-state index < -0.39 is 0 Å². The number of fused-ring (bicyclic) bond motifs is 4. The van der Waals surface area contributed by atoms with Crippen LogP contribution < -0.4 is 4.90 Å². The molecular formula is C54H37N. The number of benzene rings is 10. The molecule has 1 nitrogen and oxygen atoms in total. The quantitative estimate of drug-likeness (QED) is 0.150. The molecule has 0 unspecified atom stereocenters. The van der Waals surface area contributed by atoms with Gasteiger partial charge in [0.25, 0.3) is 0 Å². The van der Waals surface area contributed by atoms with Gasteiger partial charge in [-0.2, -0.15) is 0 Å². The second-order valence-electron chi connectivity index (χ2n) is 14.2. The summed E-state index contributed by atoms with van der Waals surface area (Å²) in [6.07, 6.45) is 0. The molecule has 1 heteroatoms. The third-order valence-corrected chi connectivity index (χ3v) is 10.8. The minimum Gasteiger partial charge on any atom is -0.310 e. The minimum atomic E-state index is 1.10. The molecule has 55 heavy (non-hydrogen) atoms. The SMILES string of the molecule is c1ccc(-c2ccc(-c3ccccc3)c(-c3ccc(N(c4ccc(-c5ccc6ccccc6c5)cc4)c4ccc5c(ccc6ccccc65)c4)cc3)c2)cc1. The lowest BCUT2D eigenvalue weighted by molar-refractivity contribution is 1.29. The number of rotatable bonds is 7. The summed E-state index contributed by atoms with van der Waals surface area (Å²) in [5, 5.41) is 7.51. The summed E-state index contributed by atoms with van der Waals surface area (Å²) in [7, 11) is 0. The maximum atomic E-state index is 2.38. The van der Waals surface area contributed by atoms with Crippen molar-refractivity contribution in [2.24, 2.45) is 0 Å². The Kier molecular flexibility index (Phi) is 8.24. The molecule has 10 aromatic rings. The molecule has 0 fully saturated rings. The average molecular weight is 700 g/mol. The van der Waals surface area contributed by atoms with E-state index in [1.807, 2.05) is 0 Å². The van der Waals surface area contributed by atoms with Gasteiger partial charge in [0.05, 0.1) is 0 Å². The standard InChI is InChI=1S/C54H37N/c1-3-11-38(12-4-1)46-27-33-52(41-14-5-2-6-15-41)54(37-46)43-25-30-49(31-26-43)55(50-32-34-53-47(36-50)22-20-42-16-9-10-18-51(42)53)48-28-23-40(24-29-48)45-21-19-39-13-7-8-17-44(39)35-45/h1-37H. The highest BCUT2D eigenvalue weighted by molar-refractivity contribution is 6.08. The molecule has 258 valence electrons. The van der Waals surface area contributed by atoms with Crippen LogP contribution in [0.25, 0.3) is 76.8 Å². The highest BCUT2D eigenvalue weighted by Crippen LogP contribution is 2.41. The van der Waals surface area contributed by atoms with Gasteiger partial charge in [0.2, 0.25) is 0 Å². The van der Waals surface area contributed by atoms with Crippen LogP contribution >= 0.6 is 0 Å². The first-order valence-corrected chi connectivity index (χ1v) is 18.9. The van der Waals surface area contributed by atoms with E-state index in [0.29, 0.717) is 0 Å². The van der Waals surface area contributed by atoms with Gasteiger partial charge in [0.15, 0.2) is 0 Å². The highest BCUT2D eigenvalue weighted by Gasteiger charge is 2.16. The topological polar surface area (TPSA) is 3.24 Å². The molecule has 0 aromatic heterocycles. The third kappa shape index (κ3) is 6.22. The van der Waals surface area contributed by atoms with Crippen LogP contribution in [-0.4, -0.2) is 0 Å². The average Bonchev–Trinajstić information content (AvgIpc) is 3.27. The molecule has 0 radical (unpaired) electrons. The van der Waals surface area contributed by atoms with Crippen LogP contribution in [-0.2, 0) is 0 Å². The van der Waals surface area contributed by atoms with E-state index >= 15 is 0 Å². The van der Waals surface area contributed by atoms with Gasteiger partial charge < -0.3 is 4.90 Å². The summed E-state index contributed by atoms with van der Waals surface area (Å²) >= 11 is 0. The number of anilines is 3. The Bertz CT molecular complexity index is 2950. The number of nitrogens with zero attached hydrogens (tertiary/aromatic N) is 1. The molecule has 10 aromatic carbocycles. The second-order valence-corrected chi connectivity index (χ2v) is 14.2. The van der Waals surface area contributed by atoms with Crippen molar-refractivity contribution in [3.63, 3.8) is 0 Å². The van der Waals surface area contributed by atoms with E-state index in [1.165, 1.54) is 76.8 Å². The predicted molar refractivity (Wildman–Crippen MR) is 235 cm³/mol. The van der Waals surface area contributed by atoms with Crippen LogP contribution in [0, 0.1) is 0 Å². The maximum absolute atomic E-state index is 2.38. The van der Waals surface area contributed by atoms with Gasteiger partial charge in [-0.1, -0.05) is 176 Å². The summed E-state index contributed by atoms with van der Waals surface area (Å²) in [6.45, 7) is 0. The normalized spacial score (nSPS) is 11.3. The third-order valence-electron chi connectivity index (χ3n) is 10.8. The molecule has 0 atom stereocenters. The van der Waals surface area contributed by atoms with Crippen molar-refractivity contribution in [1.82, 2.24) is 0 Å². The largest absolute Gasteiger partial charge is 0.310 e. The van der Waals surface area contributed by atoms with Crippen molar-refractivity contribution in [2.45, 2.75) is 0 Å². The monoisotopic (exact) mass is 699 g/mol. The molecule has 0 N–H and O–H groups in total. The Labute approximate surface area is 322 Å². The van der Waals surface area contributed by atoms with E-state index in [4.69, 9.17) is 0 Å². The predicted octanol–water partition coefficient (Wildman–Crippen LogP) is 15.3. The zero-order valence-corrected chi connectivity index (χ0v) is 30.3. The smallest absolute Gasteiger partial charge is 0.0468 e. The molecule has 0 heterocycles. The van der Waals surface area contributed by atoms with E-state index in [2.05, 4.69) is 229 Å². The molecule has 0 aliphatic heterocycles. The van der Waals surface area contributed by atoms with Gasteiger partial charge in [-0.25, -0.2) is 0 Å². The first-order chi connectivity index (χ1) is 27.2. The molecule has 0 spiro atoms. The summed E-state index contributed by atoms with van der Waals surface area (Å²) in [4.78, 5) is 2.38. The zero-order valence-electron chi connectivity index (χ0n) is 30.3. The lowest BCUT2D eigenvalue weighted by atomic mass is 9.91. The minimum absolute atomic E-state index is 1.10. The Balaban J connectivity index is 1.08. The van der Waals surface area contributed by atoms with Gasteiger partial charge in [-0.3, -0.25) is 0 Å². The fourth-order valence-corrected chi connectivity index (χ4v) is 8.01. The van der Waals surface area contributed by atoms with Gasteiger partial charge in [0.1, 0.15) is 0 Å². The van der Waals surface area contributed by atoms with Crippen molar-refractivity contribution >= 4 is 49.4 Å². The molecule has 0 saturated carbocycles. The molecule has 10 rings (SSSR count). The van der Waals surface area contributed by atoms with E-state index in [1.54, 1.807) is 0 Å². The van der Waals surface area contributed by atoms with Crippen LogP contribution in [0.15, 0.2) is 224 Å². The first kappa shape index (κ1) is 32.4. The van der Waals surface area contributed by atoms with Crippen LogP contribution in [0.1, 0.15) is 0 Å². The molecule has 0 saturated heterocycles. The Morgan fingerprint density at radius 3 is 1.44 bits per heavy atom. The zero-order chi connectivity index (χ0) is 36.6. The van der Waals surface area contributed by atoms with Gasteiger partial charge >= 0.3 is 0 Å². The van der Waals surface area contributed by atoms with Crippen LogP contribution in [0.5, 0.6) is 0 Å². The van der Waals surface area contributed by atoms with Crippen molar-refractivity contribution in [2.75, 3.05) is 4.90 Å². The molecular weight excluding hydrogens is 663 g/mol. The fourth-order valence-electron chi connectivity index (χ4n) is 8.01. The molecule has 0 aliphatic rings. The number of hydrogen-bond donors (Lipinski definition) is 0. The highest BCUT2D eigenvalue weighted by atomic mass is 15.1. The maximum Gasteiger partial charge on any atom is 0.0468 e. The Morgan fingerprint density at radius 1 is 0.218 bits per heavy atom. The summed E-state index contributed by atoms with van der Waals surface area (Å²) in [5.74, 6) is 0. The second kappa shape index (κ2) is 14.0. The van der Waals surface area contributed by atoms with Crippen LogP contribution in [0.2, 0.25) is 0 Å². The van der Waals surface area contributed by atoms with Crippen LogP contribution in [0.3, 0.4) is 0 Å². The Hall–Kier alpha value is -7.22. The first-order valence-electron chi connectivity index (χ1n) is 18.9. The fraction of sp³-hybridized carbons (Fsp3) is 0. The van der Waals surface area contributed by atoms with Crippen molar-refractivity contribution < 1.29 is 0 Å². The molecule has 0 amide bonds. The van der Waals surface area contributed by atoms with Crippen molar-refractivity contribution in [3.8, 4) is 44.5 Å². The van der Waals surface area contributed by atoms with Gasteiger partial charge in [-0.15, -0.1) is 0 Å². The summed E-state index contributed by atoms with van der Waals surface area (Å²) < 4.78 is 0. The Morgan fingerprint density at radius 2 is 0.691 bits per heavy atom. The lowest BCUT2D eigenvalue weighted by Crippen LogP contribution is -2.10. The van der Waals surface area contributed by atoms with Crippen LogP contribution in [0.4, 0.5) is 17.1 Å². The lowest BCUT2D eigenvalue weighted by Gasteiger charge is -2.26. The van der Waals surface area contributed by atoms with E-state index in [9.17, 15) is 0 Å². The summed E-state index contributed by atoms with van der Waals surface area (Å²) in [5.41, 5.74) is 13.0. The van der Waals surface area contributed by atoms with Gasteiger partial charge in [0, 0.05) is 17.1 Å². The molecule has 0 aliphatic carbocycles. The van der Waals surface area contributed by atoms with E-state index in [0.717, 1.165) is 17.1 Å². The van der Waals surface area contributed by atoms with E-state index in [-0.39, 0.29) is 0 Å². The van der Waals surface area contributed by atoms with Gasteiger partial charge in [-0.05, 0) is 125 Å². The number of hydrogen-bond acceptors (Lipinski definition) is 1. The molecule has 0 bridgehead atoms. The van der Waals surface area contributed by atoms with Crippen molar-refractivity contribution in [3.05, 3.63) is 224 Å². The van der Waals surface area contributed by atoms with Crippen molar-refractivity contribution in [1.29, 1.82) is 0 Å². The summed E-state index contributed by atoms with van der Waals surface area (Å²) in [6, 6.07) is 81.5.